The number of halogens is 1. The molecule has 0 fully saturated rings. The van der Waals surface area contributed by atoms with Gasteiger partial charge in [-0.1, -0.05) is 23.7 Å². The van der Waals surface area contributed by atoms with Crippen LogP contribution in [0.2, 0.25) is 5.15 Å². The fourth-order valence-electron chi connectivity index (χ4n) is 2.39. The molecule has 1 atom stereocenters. The molecule has 0 aliphatic heterocycles. The summed E-state index contributed by atoms with van der Waals surface area (Å²) in [6.07, 6.45) is 2.68. The third-order valence-corrected chi connectivity index (χ3v) is 4.95. The van der Waals surface area contributed by atoms with Gasteiger partial charge >= 0.3 is 0 Å². The Kier molecular flexibility index (Phi) is 8.18. The van der Waals surface area contributed by atoms with E-state index in [0.29, 0.717) is 11.7 Å². The summed E-state index contributed by atoms with van der Waals surface area (Å²) >= 11 is 7.59. The fraction of sp³-hybridized carbons (Fsp3) is 0.444. The Morgan fingerprint density at radius 3 is 2.76 bits per heavy atom. The molecule has 2 heterocycles. The van der Waals surface area contributed by atoms with Crippen LogP contribution in [0.15, 0.2) is 40.8 Å². The van der Waals surface area contributed by atoms with E-state index in [1.54, 1.807) is 11.3 Å². The molecular weight excluding hydrogens is 354 g/mol. The first-order valence-corrected chi connectivity index (χ1v) is 9.68. The van der Waals surface area contributed by atoms with Gasteiger partial charge in [0.25, 0.3) is 0 Å². The maximum Gasteiger partial charge on any atom is 0.191 e. The van der Waals surface area contributed by atoms with E-state index in [4.69, 9.17) is 16.6 Å². The molecule has 0 radical (unpaired) electrons. The molecule has 0 aliphatic rings. The average Bonchev–Trinajstić information content (AvgIpc) is 3.10. The third-order valence-electron chi connectivity index (χ3n) is 3.76. The summed E-state index contributed by atoms with van der Waals surface area (Å²) < 4.78 is 0. The van der Waals surface area contributed by atoms with Crippen molar-refractivity contribution in [3.8, 4) is 0 Å². The van der Waals surface area contributed by atoms with Crippen LogP contribution in [0.1, 0.15) is 23.4 Å². The summed E-state index contributed by atoms with van der Waals surface area (Å²) in [4.78, 5) is 12.4. The zero-order valence-electron chi connectivity index (χ0n) is 15.0. The van der Waals surface area contributed by atoms with E-state index in [1.807, 2.05) is 18.3 Å². The lowest BCUT2D eigenvalue weighted by atomic mass is 10.2. The minimum Gasteiger partial charge on any atom is -0.357 e. The number of hydrogen-bond donors (Lipinski definition) is 2. The number of aliphatic imine (C=N–C) groups is 1. The van der Waals surface area contributed by atoms with Crippen LogP contribution in [-0.2, 0) is 6.42 Å². The van der Waals surface area contributed by atoms with Gasteiger partial charge in [-0.05, 0) is 50.5 Å². The molecule has 2 rings (SSSR count). The van der Waals surface area contributed by atoms with E-state index < -0.39 is 0 Å². The number of guanidine groups is 1. The van der Waals surface area contributed by atoms with Crippen LogP contribution < -0.4 is 10.6 Å². The summed E-state index contributed by atoms with van der Waals surface area (Å²) in [5.41, 5.74) is 1.15. The van der Waals surface area contributed by atoms with E-state index in [2.05, 4.69) is 59.0 Å². The Bertz CT molecular complexity index is 640. The predicted molar refractivity (Wildman–Crippen MR) is 108 cm³/mol. The van der Waals surface area contributed by atoms with Gasteiger partial charge in [0.05, 0.1) is 12.6 Å². The van der Waals surface area contributed by atoms with Crippen molar-refractivity contribution < 1.29 is 0 Å². The molecule has 0 bridgehead atoms. The van der Waals surface area contributed by atoms with E-state index in [0.717, 1.165) is 31.0 Å². The molecular formula is C18H26ClN5S. The minimum absolute atomic E-state index is 0.288. The molecule has 0 saturated heterocycles. The third kappa shape index (κ3) is 6.65. The van der Waals surface area contributed by atoms with Crippen molar-refractivity contribution in [3.63, 3.8) is 0 Å². The van der Waals surface area contributed by atoms with Gasteiger partial charge < -0.3 is 15.5 Å². The number of rotatable bonds is 8. The van der Waals surface area contributed by atoms with Gasteiger partial charge in [0.2, 0.25) is 0 Å². The van der Waals surface area contributed by atoms with E-state index in [9.17, 15) is 0 Å². The monoisotopic (exact) mass is 379 g/mol. The van der Waals surface area contributed by atoms with Crippen molar-refractivity contribution in [2.24, 2.45) is 4.99 Å². The van der Waals surface area contributed by atoms with Crippen LogP contribution >= 0.6 is 22.9 Å². The molecule has 0 spiro atoms. The van der Waals surface area contributed by atoms with Crippen molar-refractivity contribution in [2.45, 2.75) is 19.4 Å². The predicted octanol–water partition coefficient (Wildman–Crippen LogP) is 3.20. The molecule has 7 heteroatoms. The Balaban J connectivity index is 1.91. The zero-order chi connectivity index (χ0) is 18.1. The lowest BCUT2D eigenvalue weighted by molar-refractivity contribution is 0.310. The van der Waals surface area contributed by atoms with Gasteiger partial charge in [-0.15, -0.1) is 11.3 Å². The second-order valence-electron chi connectivity index (χ2n) is 5.88. The molecule has 1 unspecified atom stereocenters. The Morgan fingerprint density at radius 1 is 1.32 bits per heavy atom. The van der Waals surface area contributed by atoms with Crippen molar-refractivity contribution in [1.29, 1.82) is 0 Å². The summed E-state index contributed by atoms with van der Waals surface area (Å²) in [5.74, 6) is 0.841. The fourth-order valence-corrected chi connectivity index (χ4v) is 3.41. The number of hydrogen-bond acceptors (Lipinski definition) is 4. The van der Waals surface area contributed by atoms with Gasteiger partial charge in [0, 0.05) is 24.2 Å². The maximum atomic E-state index is 5.82. The lowest BCUT2D eigenvalue weighted by Gasteiger charge is -2.22. The number of nitrogens with zero attached hydrogens (tertiary/aromatic N) is 3. The van der Waals surface area contributed by atoms with Crippen LogP contribution in [0.5, 0.6) is 0 Å². The van der Waals surface area contributed by atoms with E-state index in [1.165, 1.54) is 4.88 Å². The highest BCUT2D eigenvalue weighted by molar-refractivity contribution is 7.10. The SMILES string of the molecule is CCNC(=NCC(c1cccs1)N(C)C)NCCc1ccc(Cl)nc1. The lowest BCUT2D eigenvalue weighted by Crippen LogP contribution is -2.39. The molecule has 2 aromatic heterocycles. The summed E-state index contributed by atoms with van der Waals surface area (Å²) in [5, 5.41) is 9.32. The van der Waals surface area contributed by atoms with Gasteiger partial charge in [0.15, 0.2) is 5.96 Å². The number of aromatic nitrogens is 1. The molecule has 0 amide bonds. The molecule has 5 nitrogen and oxygen atoms in total. The normalized spacial score (nSPS) is 13.1. The molecule has 0 saturated carbocycles. The van der Waals surface area contributed by atoms with Crippen molar-refractivity contribution in [3.05, 3.63) is 51.4 Å². The van der Waals surface area contributed by atoms with E-state index in [-0.39, 0.29) is 6.04 Å². The molecule has 2 aromatic rings. The van der Waals surface area contributed by atoms with Crippen LogP contribution in [0.4, 0.5) is 0 Å². The second kappa shape index (κ2) is 10.4. The van der Waals surface area contributed by atoms with Crippen molar-refractivity contribution in [1.82, 2.24) is 20.5 Å². The quantitative estimate of drug-likeness (QED) is 0.420. The summed E-state index contributed by atoms with van der Waals surface area (Å²) in [6, 6.07) is 8.36. The number of thiophene rings is 1. The largest absolute Gasteiger partial charge is 0.357 e. The number of nitrogens with one attached hydrogen (secondary N) is 2. The van der Waals surface area contributed by atoms with Gasteiger partial charge in [-0.2, -0.15) is 0 Å². The smallest absolute Gasteiger partial charge is 0.191 e. The minimum atomic E-state index is 0.288. The zero-order valence-corrected chi connectivity index (χ0v) is 16.6. The number of pyridine rings is 1. The highest BCUT2D eigenvalue weighted by Crippen LogP contribution is 2.23. The molecule has 0 aromatic carbocycles. The Hall–Kier alpha value is -1.63. The first-order chi connectivity index (χ1) is 12.1. The van der Waals surface area contributed by atoms with Crippen LogP contribution in [0.3, 0.4) is 0 Å². The molecule has 136 valence electrons. The second-order valence-corrected chi connectivity index (χ2v) is 7.25. The highest BCUT2D eigenvalue weighted by Gasteiger charge is 2.14. The van der Waals surface area contributed by atoms with E-state index >= 15 is 0 Å². The van der Waals surface area contributed by atoms with Crippen molar-refractivity contribution >= 4 is 28.9 Å². The summed E-state index contributed by atoms with van der Waals surface area (Å²) in [6.45, 7) is 4.41. The highest BCUT2D eigenvalue weighted by atomic mass is 35.5. The topological polar surface area (TPSA) is 52.6 Å². The maximum absolute atomic E-state index is 5.82. The van der Waals surface area contributed by atoms with Gasteiger partial charge in [-0.25, -0.2) is 4.98 Å². The Labute approximate surface area is 159 Å². The van der Waals surface area contributed by atoms with Crippen LogP contribution in [0, 0.1) is 0 Å². The summed E-state index contributed by atoms with van der Waals surface area (Å²) in [7, 11) is 4.18. The first-order valence-electron chi connectivity index (χ1n) is 8.42. The first kappa shape index (κ1) is 19.7. The van der Waals surface area contributed by atoms with Gasteiger partial charge in [0.1, 0.15) is 5.15 Å². The number of likely N-dealkylation sites (N-methyl/N-ethyl adjacent to an activating group) is 1. The molecule has 25 heavy (non-hydrogen) atoms. The van der Waals surface area contributed by atoms with Crippen molar-refractivity contribution in [2.75, 3.05) is 33.7 Å². The van der Waals surface area contributed by atoms with Crippen LogP contribution in [0.25, 0.3) is 0 Å². The molecule has 0 aliphatic carbocycles. The van der Waals surface area contributed by atoms with Crippen LogP contribution in [-0.4, -0.2) is 49.6 Å². The van der Waals surface area contributed by atoms with Gasteiger partial charge in [-0.3, -0.25) is 4.99 Å². The molecule has 2 N–H and O–H groups in total. The Morgan fingerprint density at radius 2 is 2.16 bits per heavy atom. The average molecular weight is 380 g/mol. The standard InChI is InChI=1S/C18H26ClN5S/c1-4-20-18(21-10-9-14-7-8-17(19)22-12-14)23-13-15(24(2)3)16-6-5-11-25-16/h5-8,11-12,15H,4,9-10,13H2,1-3H3,(H2,20,21,23).